The third kappa shape index (κ3) is 4.53. The predicted octanol–water partition coefficient (Wildman–Crippen LogP) is 3.72. The summed E-state index contributed by atoms with van der Waals surface area (Å²) in [5.41, 5.74) is 4.35. The van der Waals surface area contributed by atoms with Crippen molar-refractivity contribution in [1.29, 1.82) is 0 Å². The van der Waals surface area contributed by atoms with Crippen molar-refractivity contribution in [3.05, 3.63) is 35.9 Å². The fraction of sp³-hybridized carbons (Fsp3) is 0.609. The van der Waals surface area contributed by atoms with E-state index in [4.69, 9.17) is 4.98 Å². The molecule has 156 valence electrons. The van der Waals surface area contributed by atoms with Crippen LogP contribution in [0.15, 0.2) is 24.5 Å². The normalized spacial score (nSPS) is 20.9. The van der Waals surface area contributed by atoms with E-state index in [0.717, 1.165) is 54.7 Å². The maximum absolute atomic E-state index is 13.0. The molecule has 29 heavy (non-hydrogen) atoms. The van der Waals surface area contributed by atoms with Crippen molar-refractivity contribution in [2.24, 2.45) is 7.05 Å². The zero-order valence-corrected chi connectivity index (χ0v) is 18.0. The molecule has 2 aromatic heterocycles. The monoisotopic (exact) mass is 395 g/mol. The summed E-state index contributed by atoms with van der Waals surface area (Å²) in [4.78, 5) is 22.2. The van der Waals surface area contributed by atoms with Gasteiger partial charge in [-0.2, -0.15) is 5.10 Å². The average molecular weight is 396 g/mol. The van der Waals surface area contributed by atoms with Crippen LogP contribution >= 0.6 is 0 Å². The Morgan fingerprint density at radius 3 is 2.66 bits per heavy atom. The molecule has 2 fully saturated rings. The SMILES string of the molecule is Cc1cc(-c2cnn(C)c2)cc([C@H]2CCCN2CC(=O)N(C)C2CCCCC2)n1. The summed E-state index contributed by atoms with van der Waals surface area (Å²) in [6.07, 6.45) is 12.2. The number of hydrogen-bond donors (Lipinski definition) is 0. The Labute approximate surface area is 173 Å². The van der Waals surface area contributed by atoms with Crippen LogP contribution in [0.2, 0.25) is 0 Å². The van der Waals surface area contributed by atoms with E-state index in [2.05, 4.69) is 22.1 Å². The van der Waals surface area contributed by atoms with Crippen LogP contribution in [0.3, 0.4) is 0 Å². The van der Waals surface area contributed by atoms with E-state index in [9.17, 15) is 4.79 Å². The number of nitrogens with zero attached hydrogens (tertiary/aromatic N) is 5. The van der Waals surface area contributed by atoms with E-state index in [1.807, 2.05) is 43.0 Å². The third-order valence-corrected chi connectivity index (χ3v) is 6.57. The van der Waals surface area contributed by atoms with Crippen LogP contribution in [-0.2, 0) is 11.8 Å². The molecule has 2 aromatic rings. The molecule has 0 radical (unpaired) electrons. The number of aryl methyl sites for hydroxylation is 2. The summed E-state index contributed by atoms with van der Waals surface area (Å²) in [6, 6.07) is 4.94. The second kappa shape index (κ2) is 8.66. The Hall–Kier alpha value is -2.21. The minimum absolute atomic E-state index is 0.217. The van der Waals surface area contributed by atoms with Crippen molar-refractivity contribution in [1.82, 2.24) is 24.6 Å². The maximum Gasteiger partial charge on any atom is 0.236 e. The van der Waals surface area contributed by atoms with Crippen molar-refractivity contribution in [2.45, 2.75) is 64.0 Å². The molecule has 1 aliphatic carbocycles. The van der Waals surface area contributed by atoms with Gasteiger partial charge in [-0.15, -0.1) is 0 Å². The fourth-order valence-electron chi connectivity index (χ4n) is 4.91. The van der Waals surface area contributed by atoms with E-state index in [1.54, 1.807) is 0 Å². The highest BCUT2D eigenvalue weighted by atomic mass is 16.2. The van der Waals surface area contributed by atoms with Crippen LogP contribution in [0.4, 0.5) is 0 Å². The smallest absolute Gasteiger partial charge is 0.236 e. The van der Waals surface area contributed by atoms with Crippen molar-refractivity contribution in [3.8, 4) is 11.1 Å². The molecule has 1 aliphatic heterocycles. The highest BCUT2D eigenvalue weighted by molar-refractivity contribution is 5.78. The molecular weight excluding hydrogens is 362 g/mol. The first kappa shape index (κ1) is 20.1. The Morgan fingerprint density at radius 2 is 1.93 bits per heavy atom. The second-order valence-corrected chi connectivity index (χ2v) is 8.75. The summed E-state index contributed by atoms with van der Waals surface area (Å²) in [6.45, 7) is 3.51. The lowest BCUT2D eigenvalue weighted by molar-refractivity contribution is -0.134. The van der Waals surface area contributed by atoms with Gasteiger partial charge in [0.1, 0.15) is 0 Å². The number of hydrogen-bond acceptors (Lipinski definition) is 4. The van der Waals surface area contributed by atoms with Gasteiger partial charge in [-0.05, 0) is 56.8 Å². The standard InChI is InChI=1S/C23H33N5O/c1-17-12-18(19-14-24-26(2)15-19)13-21(25-17)22-10-7-11-28(22)16-23(29)27(3)20-8-5-4-6-9-20/h12-15,20,22H,4-11,16H2,1-3H3/t22-/m1/s1. The summed E-state index contributed by atoms with van der Waals surface area (Å²) in [7, 11) is 3.93. The number of aromatic nitrogens is 3. The summed E-state index contributed by atoms with van der Waals surface area (Å²) in [5.74, 6) is 0.254. The molecule has 1 saturated heterocycles. The molecule has 2 aliphatic rings. The lowest BCUT2D eigenvalue weighted by atomic mass is 9.94. The van der Waals surface area contributed by atoms with Gasteiger partial charge in [0.25, 0.3) is 0 Å². The molecule has 3 heterocycles. The summed E-state index contributed by atoms with van der Waals surface area (Å²) < 4.78 is 1.83. The van der Waals surface area contributed by atoms with E-state index in [0.29, 0.717) is 12.6 Å². The zero-order valence-electron chi connectivity index (χ0n) is 18.0. The third-order valence-electron chi connectivity index (χ3n) is 6.57. The second-order valence-electron chi connectivity index (χ2n) is 8.75. The predicted molar refractivity (Wildman–Crippen MR) is 114 cm³/mol. The van der Waals surface area contributed by atoms with Gasteiger partial charge in [-0.3, -0.25) is 19.4 Å². The van der Waals surface area contributed by atoms with Crippen LogP contribution < -0.4 is 0 Å². The molecule has 0 spiro atoms. The lowest BCUT2D eigenvalue weighted by Gasteiger charge is -2.33. The molecule has 4 rings (SSSR count). The van der Waals surface area contributed by atoms with E-state index < -0.39 is 0 Å². The number of carbonyl (C=O) groups is 1. The Balaban J connectivity index is 1.49. The number of likely N-dealkylation sites (tertiary alicyclic amines) is 1. The number of likely N-dealkylation sites (N-methyl/N-ethyl adjacent to an activating group) is 1. The highest BCUT2D eigenvalue weighted by Gasteiger charge is 2.31. The molecule has 6 heteroatoms. The van der Waals surface area contributed by atoms with Gasteiger partial charge in [-0.25, -0.2) is 0 Å². The maximum atomic E-state index is 13.0. The molecule has 0 bridgehead atoms. The van der Waals surface area contributed by atoms with Crippen LogP contribution in [-0.4, -0.2) is 56.7 Å². The van der Waals surface area contributed by atoms with Gasteiger partial charge in [0, 0.05) is 37.6 Å². The van der Waals surface area contributed by atoms with Crippen molar-refractivity contribution in [2.75, 3.05) is 20.1 Å². The van der Waals surface area contributed by atoms with Gasteiger partial charge in [0.15, 0.2) is 0 Å². The topological polar surface area (TPSA) is 54.3 Å². The Bertz CT molecular complexity index is 855. The number of pyridine rings is 1. The van der Waals surface area contributed by atoms with Crippen LogP contribution in [0.5, 0.6) is 0 Å². The first-order valence-corrected chi connectivity index (χ1v) is 11.0. The molecule has 0 N–H and O–H groups in total. The molecule has 0 unspecified atom stereocenters. The number of carbonyl (C=O) groups excluding carboxylic acids is 1. The summed E-state index contributed by atoms with van der Waals surface area (Å²) in [5, 5.41) is 4.30. The minimum Gasteiger partial charge on any atom is -0.342 e. The van der Waals surface area contributed by atoms with Crippen LogP contribution in [0.25, 0.3) is 11.1 Å². The van der Waals surface area contributed by atoms with E-state index in [-0.39, 0.29) is 11.9 Å². The molecule has 0 aromatic carbocycles. The highest BCUT2D eigenvalue weighted by Crippen LogP contribution is 2.33. The van der Waals surface area contributed by atoms with Gasteiger partial charge in [0.05, 0.1) is 24.5 Å². The number of rotatable bonds is 5. The van der Waals surface area contributed by atoms with Crippen molar-refractivity contribution < 1.29 is 4.79 Å². The van der Waals surface area contributed by atoms with Crippen molar-refractivity contribution in [3.63, 3.8) is 0 Å². The molecule has 1 amide bonds. The first-order valence-electron chi connectivity index (χ1n) is 11.0. The quantitative estimate of drug-likeness (QED) is 0.774. The average Bonchev–Trinajstić information content (AvgIpc) is 3.36. The Kier molecular flexibility index (Phi) is 5.99. The fourth-order valence-corrected chi connectivity index (χ4v) is 4.91. The lowest BCUT2D eigenvalue weighted by Crippen LogP contribution is -2.44. The van der Waals surface area contributed by atoms with Gasteiger partial charge in [-0.1, -0.05) is 19.3 Å². The van der Waals surface area contributed by atoms with Crippen LogP contribution in [0, 0.1) is 6.92 Å². The van der Waals surface area contributed by atoms with Gasteiger partial charge >= 0.3 is 0 Å². The van der Waals surface area contributed by atoms with Crippen LogP contribution in [0.1, 0.15) is 62.4 Å². The van der Waals surface area contributed by atoms with E-state index >= 15 is 0 Å². The molecule has 6 nitrogen and oxygen atoms in total. The molecule has 1 saturated carbocycles. The summed E-state index contributed by atoms with van der Waals surface area (Å²) >= 11 is 0. The van der Waals surface area contributed by atoms with E-state index in [1.165, 1.54) is 19.3 Å². The largest absolute Gasteiger partial charge is 0.342 e. The first-order chi connectivity index (χ1) is 14.0. The minimum atomic E-state index is 0.217. The van der Waals surface area contributed by atoms with Gasteiger partial charge in [0.2, 0.25) is 5.91 Å². The van der Waals surface area contributed by atoms with Gasteiger partial charge < -0.3 is 4.90 Å². The zero-order chi connectivity index (χ0) is 20.4. The Morgan fingerprint density at radius 1 is 1.14 bits per heavy atom. The molecule has 1 atom stereocenters. The molecular formula is C23H33N5O. The number of amides is 1. The van der Waals surface area contributed by atoms with Crippen molar-refractivity contribution >= 4 is 5.91 Å².